The summed E-state index contributed by atoms with van der Waals surface area (Å²) in [5, 5.41) is 0. The van der Waals surface area contributed by atoms with E-state index in [1.165, 1.54) is 6.66 Å². The van der Waals surface area contributed by atoms with Crippen LogP contribution in [0.2, 0.25) is 0 Å². The first-order chi connectivity index (χ1) is 5.31. The molecule has 1 saturated heterocycles. The Morgan fingerprint density at radius 3 is 2.17 bits per heavy atom. The van der Waals surface area contributed by atoms with Gasteiger partial charge in [0.05, 0.1) is 0 Å². The van der Waals surface area contributed by atoms with Crippen LogP contribution in [0.5, 0.6) is 0 Å². The van der Waals surface area contributed by atoms with Gasteiger partial charge in [-0.15, -0.1) is 0 Å². The van der Waals surface area contributed by atoms with Crippen molar-refractivity contribution in [3.05, 3.63) is 0 Å². The fourth-order valence-corrected chi connectivity index (χ4v) is 8.56. The van der Waals surface area contributed by atoms with Crippen LogP contribution in [-0.2, 0) is 9.09 Å². The Balaban J connectivity index is 3.04. The summed E-state index contributed by atoms with van der Waals surface area (Å²) >= 11 is 0. The molecule has 1 unspecified atom stereocenters. The quantitative estimate of drug-likeness (QED) is 0.619. The summed E-state index contributed by atoms with van der Waals surface area (Å²) in [6.45, 7) is -2.38. The van der Waals surface area contributed by atoms with E-state index in [9.17, 15) is 14.4 Å². The van der Waals surface area contributed by atoms with Gasteiger partial charge in [0.2, 0.25) is 0 Å². The molecular formula is C6H14O4P2-2. The minimum absolute atomic E-state index is 0.292. The number of rotatable bonds is 2. The summed E-state index contributed by atoms with van der Waals surface area (Å²) in [6.07, 6.45) is 2.04. The van der Waals surface area contributed by atoms with Crippen molar-refractivity contribution in [1.82, 2.24) is 0 Å². The predicted octanol–water partition coefficient (Wildman–Crippen LogP) is 0.353. The van der Waals surface area contributed by atoms with Gasteiger partial charge in [0.25, 0.3) is 0 Å². The zero-order valence-electron chi connectivity index (χ0n) is 7.36. The minimum atomic E-state index is -4.12. The molecule has 0 saturated carbocycles. The van der Waals surface area contributed by atoms with Crippen LogP contribution in [-0.4, -0.2) is 26.1 Å². The van der Waals surface area contributed by atoms with Gasteiger partial charge in [-0.1, -0.05) is 0 Å². The zero-order valence-corrected chi connectivity index (χ0v) is 9.14. The Kier molecular flexibility index (Phi) is 2.45. The van der Waals surface area contributed by atoms with Crippen LogP contribution in [0.15, 0.2) is 0 Å². The van der Waals surface area contributed by atoms with Crippen LogP contribution in [0.1, 0.15) is 12.8 Å². The molecule has 0 aromatic carbocycles. The Hall–Kier alpha value is 0.540. The second-order valence-electron chi connectivity index (χ2n) is 3.67. The van der Waals surface area contributed by atoms with Gasteiger partial charge < -0.3 is 0 Å². The van der Waals surface area contributed by atoms with Crippen LogP contribution in [0, 0.1) is 0 Å². The molecule has 0 aromatic rings. The van der Waals surface area contributed by atoms with E-state index in [1.54, 1.807) is 0 Å². The number of hydrogen-bond donors (Lipinski definition) is 0. The molecule has 1 rings (SSSR count). The molecule has 0 spiro atoms. The molecule has 1 heterocycles. The summed E-state index contributed by atoms with van der Waals surface area (Å²) in [5.41, 5.74) is 0. The molecule has 74 valence electrons. The van der Waals surface area contributed by atoms with Crippen LogP contribution in [0.4, 0.5) is 0 Å². The first-order valence-corrected chi connectivity index (χ1v) is 9.14. The van der Waals surface area contributed by atoms with Gasteiger partial charge >= 0.3 is 71.6 Å². The Labute approximate surface area is 72.4 Å². The first-order valence-electron chi connectivity index (χ1n) is 3.92. The van der Waals surface area contributed by atoms with Gasteiger partial charge in [0, 0.05) is 0 Å². The van der Waals surface area contributed by atoms with E-state index in [2.05, 4.69) is 4.52 Å². The van der Waals surface area contributed by atoms with Crippen molar-refractivity contribution in [2.45, 2.75) is 12.8 Å². The van der Waals surface area contributed by atoms with Crippen LogP contribution in [0.3, 0.4) is 0 Å². The Morgan fingerprint density at radius 2 is 1.83 bits per heavy atom. The second-order valence-corrected chi connectivity index (χ2v) is 14.4. The molecule has 0 bridgehead atoms. The van der Waals surface area contributed by atoms with E-state index in [0.717, 1.165) is 20.0 Å². The summed E-state index contributed by atoms with van der Waals surface area (Å²) in [7, 11) is -3.03. The molecule has 0 amide bonds. The van der Waals surface area contributed by atoms with Crippen molar-refractivity contribution in [2.24, 2.45) is 0 Å². The molecule has 0 aromatic heterocycles. The van der Waals surface area contributed by atoms with Crippen molar-refractivity contribution < 1.29 is 18.9 Å². The molecule has 6 heteroatoms. The normalized spacial score (nSPS) is 34.8. The topological polar surface area (TPSA) is 72.4 Å². The van der Waals surface area contributed by atoms with Gasteiger partial charge in [-0.3, -0.25) is 0 Å². The molecule has 1 fully saturated rings. The van der Waals surface area contributed by atoms with Gasteiger partial charge in [0.1, 0.15) is 0 Å². The third kappa shape index (κ3) is 1.36. The maximum atomic E-state index is 12.2. The summed E-state index contributed by atoms with van der Waals surface area (Å²) in [4.78, 5) is 23.6. The van der Waals surface area contributed by atoms with E-state index in [-0.39, 0.29) is 0 Å². The molecule has 1 aliphatic heterocycles. The molecule has 0 radical (unpaired) electrons. The molecule has 1 atom stereocenters. The van der Waals surface area contributed by atoms with Crippen molar-refractivity contribution in [2.75, 3.05) is 26.1 Å². The van der Waals surface area contributed by atoms with Crippen molar-refractivity contribution in [3.63, 3.8) is 0 Å². The second kappa shape index (κ2) is 2.76. The van der Waals surface area contributed by atoms with Gasteiger partial charge in [-0.05, 0) is 0 Å². The third-order valence-corrected chi connectivity index (χ3v) is 13.2. The van der Waals surface area contributed by atoms with E-state index < -0.39 is 13.8 Å². The molecular weight excluding hydrogens is 198 g/mol. The number of hydrogen-bond acceptors (Lipinski definition) is 4. The molecule has 1 aliphatic rings. The summed E-state index contributed by atoms with van der Waals surface area (Å²) in [5.74, 6) is 0. The first kappa shape index (κ1) is 10.6. The standard InChI is InChI=1S/C6H15O4P2/c1-10-11(7,8)12(2,9)5-3-4-6-12/h3-6H2,1-2H3,(H,7,8)/q-1/p-1. The zero-order chi connectivity index (χ0) is 9.48. The predicted molar refractivity (Wildman–Crippen MR) is 46.4 cm³/mol. The SMILES string of the molecule is COP(=O)([O-])P1(C)([O-])CCCC1. The van der Waals surface area contributed by atoms with Crippen molar-refractivity contribution >= 4 is 13.8 Å². The molecule has 4 nitrogen and oxygen atoms in total. The van der Waals surface area contributed by atoms with Crippen LogP contribution in [0.25, 0.3) is 0 Å². The van der Waals surface area contributed by atoms with E-state index in [4.69, 9.17) is 0 Å². The average Bonchev–Trinajstić information content (AvgIpc) is 2.33. The molecule has 0 aliphatic carbocycles. The van der Waals surface area contributed by atoms with Crippen molar-refractivity contribution in [1.29, 1.82) is 0 Å². The summed E-state index contributed by atoms with van der Waals surface area (Å²) < 4.78 is 15.8. The fourth-order valence-electron chi connectivity index (χ4n) is 1.62. The molecule has 12 heavy (non-hydrogen) atoms. The monoisotopic (exact) mass is 212 g/mol. The van der Waals surface area contributed by atoms with Crippen molar-refractivity contribution in [3.8, 4) is 0 Å². The third-order valence-electron chi connectivity index (χ3n) is 2.63. The molecule has 0 N–H and O–H groups in total. The summed E-state index contributed by atoms with van der Waals surface area (Å²) in [6, 6.07) is 0. The van der Waals surface area contributed by atoms with Gasteiger partial charge in [-0.25, -0.2) is 0 Å². The Bertz CT molecular complexity index is 228. The van der Waals surface area contributed by atoms with E-state index >= 15 is 0 Å². The van der Waals surface area contributed by atoms with E-state index in [1.807, 2.05) is 0 Å². The van der Waals surface area contributed by atoms with Crippen LogP contribution >= 0.6 is 13.8 Å². The fraction of sp³-hybridized carbons (Fsp3) is 1.00. The average molecular weight is 212 g/mol. The van der Waals surface area contributed by atoms with Gasteiger partial charge in [0.15, 0.2) is 0 Å². The Morgan fingerprint density at radius 1 is 1.42 bits per heavy atom. The van der Waals surface area contributed by atoms with Gasteiger partial charge in [-0.2, -0.15) is 0 Å². The maximum absolute atomic E-state index is 12.2. The van der Waals surface area contributed by atoms with Crippen LogP contribution < -0.4 is 9.79 Å². The van der Waals surface area contributed by atoms with E-state index in [0.29, 0.717) is 12.3 Å².